The van der Waals surface area contributed by atoms with Gasteiger partial charge in [-0.1, -0.05) is 0 Å². The zero-order chi connectivity index (χ0) is 15.7. The fourth-order valence-electron chi connectivity index (χ4n) is 2.02. The quantitative estimate of drug-likeness (QED) is 0.667. The summed E-state index contributed by atoms with van der Waals surface area (Å²) in [5, 5.41) is 26.1. The molecule has 0 aromatic rings. The zero-order valence-electron chi connectivity index (χ0n) is 11.7. The van der Waals surface area contributed by atoms with Crippen LogP contribution in [-0.2, 0) is 14.3 Å². The molecule has 1 rings (SSSR count). The molecule has 21 heavy (non-hydrogen) atoms. The second-order valence-electron chi connectivity index (χ2n) is 4.63. The van der Waals surface area contributed by atoms with Crippen molar-refractivity contribution in [1.82, 2.24) is 9.80 Å². The number of rotatable bonds is 7. The molecular formula is C13H18N4O4. The Morgan fingerprint density at radius 3 is 2.43 bits per heavy atom. The molecule has 1 aliphatic rings. The van der Waals surface area contributed by atoms with Gasteiger partial charge in [-0.3, -0.25) is 9.69 Å². The number of carbonyl (C=O) groups is 2. The van der Waals surface area contributed by atoms with E-state index >= 15 is 0 Å². The van der Waals surface area contributed by atoms with Gasteiger partial charge in [0.2, 0.25) is 5.91 Å². The lowest BCUT2D eigenvalue weighted by molar-refractivity contribution is -0.157. The first-order valence-corrected chi connectivity index (χ1v) is 6.67. The van der Waals surface area contributed by atoms with Crippen molar-refractivity contribution in [3.63, 3.8) is 0 Å². The van der Waals surface area contributed by atoms with E-state index < -0.39 is 12.1 Å². The molecule has 1 unspecified atom stereocenters. The molecule has 114 valence electrons. The molecule has 1 atom stereocenters. The average molecular weight is 294 g/mol. The number of nitriles is 2. The van der Waals surface area contributed by atoms with Crippen LogP contribution in [0.1, 0.15) is 12.8 Å². The van der Waals surface area contributed by atoms with Crippen molar-refractivity contribution in [2.24, 2.45) is 0 Å². The smallest absolute Gasteiger partial charge is 0.334 e. The average Bonchev–Trinajstić information content (AvgIpc) is 2.47. The van der Waals surface area contributed by atoms with Gasteiger partial charge in [-0.15, -0.1) is 0 Å². The highest BCUT2D eigenvalue weighted by molar-refractivity contribution is 5.78. The number of carboxylic acids is 1. The summed E-state index contributed by atoms with van der Waals surface area (Å²) >= 11 is 0. The van der Waals surface area contributed by atoms with E-state index in [1.165, 1.54) is 4.90 Å². The van der Waals surface area contributed by atoms with Crippen LogP contribution in [0.4, 0.5) is 0 Å². The van der Waals surface area contributed by atoms with Crippen LogP contribution in [0, 0.1) is 22.7 Å². The topological polar surface area (TPSA) is 118 Å². The molecule has 0 bridgehead atoms. The Morgan fingerprint density at radius 1 is 1.29 bits per heavy atom. The predicted octanol–water partition coefficient (Wildman–Crippen LogP) is -0.572. The van der Waals surface area contributed by atoms with Crippen molar-refractivity contribution >= 4 is 11.9 Å². The molecule has 0 aliphatic carbocycles. The largest absolute Gasteiger partial charge is 0.479 e. The van der Waals surface area contributed by atoms with E-state index in [0.717, 1.165) is 0 Å². The Hall–Kier alpha value is -2.16. The first-order valence-electron chi connectivity index (χ1n) is 6.67. The maximum absolute atomic E-state index is 12.2. The molecule has 1 saturated heterocycles. The van der Waals surface area contributed by atoms with Gasteiger partial charge in [0, 0.05) is 26.2 Å². The summed E-state index contributed by atoms with van der Waals surface area (Å²) < 4.78 is 5.09. The van der Waals surface area contributed by atoms with Crippen LogP contribution in [0.15, 0.2) is 0 Å². The number of hydrogen-bond donors (Lipinski definition) is 1. The molecular weight excluding hydrogens is 276 g/mol. The summed E-state index contributed by atoms with van der Waals surface area (Å²) in [5.41, 5.74) is 0. The lowest BCUT2D eigenvalue weighted by Crippen LogP contribution is -2.50. The lowest BCUT2D eigenvalue weighted by atomic mass is 10.2. The van der Waals surface area contributed by atoms with Crippen molar-refractivity contribution in [2.45, 2.75) is 18.9 Å². The van der Waals surface area contributed by atoms with Crippen LogP contribution in [0.3, 0.4) is 0 Å². The fraction of sp³-hybridized carbons (Fsp3) is 0.692. The van der Waals surface area contributed by atoms with Crippen molar-refractivity contribution in [2.75, 3.05) is 39.3 Å². The fourth-order valence-corrected chi connectivity index (χ4v) is 2.02. The van der Waals surface area contributed by atoms with Gasteiger partial charge < -0.3 is 14.7 Å². The maximum Gasteiger partial charge on any atom is 0.334 e. The predicted molar refractivity (Wildman–Crippen MR) is 70.9 cm³/mol. The van der Waals surface area contributed by atoms with Gasteiger partial charge in [0.05, 0.1) is 38.1 Å². The van der Waals surface area contributed by atoms with E-state index in [1.807, 2.05) is 12.1 Å². The van der Waals surface area contributed by atoms with Crippen molar-refractivity contribution < 1.29 is 19.4 Å². The standard InChI is InChI=1S/C13H18N4O4/c14-3-1-5-17(6-2-4-15)12(18)10-16-7-8-21-11(9-16)13(19)20/h11H,1-2,5-10H2,(H,19,20). The Labute approximate surface area is 123 Å². The van der Waals surface area contributed by atoms with Crippen molar-refractivity contribution in [3.05, 3.63) is 0 Å². The van der Waals surface area contributed by atoms with E-state index in [1.54, 1.807) is 4.90 Å². The SMILES string of the molecule is N#CCCN(CCC#N)C(=O)CN1CCOC(C(=O)O)C1. The summed E-state index contributed by atoms with van der Waals surface area (Å²) in [6, 6.07) is 3.93. The highest BCUT2D eigenvalue weighted by Crippen LogP contribution is 2.06. The van der Waals surface area contributed by atoms with Crippen molar-refractivity contribution in [3.8, 4) is 12.1 Å². The summed E-state index contributed by atoms with van der Waals surface area (Å²) in [5.74, 6) is -1.25. The third kappa shape index (κ3) is 5.78. The van der Waals surface area contributed by atoms with Crippen LogP contribution in [0.5, 0.6) is 0 Å². The number of carbonyl (C=O) groups excluding carboxylic acids is 1. The highest BCUT2D eigenvalue weighted by Gasteiger charge is 2.28. The highest BCUT2D eigenvalue weighted by atomic mass is 16.5. The van der Waals surface area contributed by atoms with E-state index in [2.05, 4.69) is 0 Å². The number of ether oxygens (including phenoxy) is 1. The summed E-state index contributed by atoms with van der Waals surface area (Å²) in [4.78, 5) is 26.2. The molecule has 8 nitrogen and oxygen atoms in total. The molecule has 1 fully saturated rings. The van der Waals surface area contributed by atoms with Gasteiger partial charge in [0.1, 0.15) is 0 Å². The number of hydrogen-bond acceptors (Lipinski definition) is 6. The molecule has 0 saturated carbocycles. The Balaban J connectivity index is 2.53. The second-order valence-corrected chi connectivity index (χ2v) is 4.63. The van der Waals surface area contributed by atoms with E-state index in [0.29, 0.717) is 6.54 Å². The minimum Gasteiger partial charge on any atom is -0.479 e. The first-order chi connectivity index (χ1) is 10.1. The maximum atomic E-state index is 12.2. The van der Waals surface area contributed by atoms with E-state index in [9.17, 15) is 9.59 Å². The molecule has 8 heteroatoms. The van der Waals surface area contributed by atoms with Crippen molar-refractivity contribution in [1.29, 1.82) is 10.5 Å². The Morgan fingerprint density at radius 2 is 1.90 bits per heavy atom. The Kier molecular flexibility index (Phi) is 7.16. The molecule has 0 aromatic carbocycles. The van der Waals surface area contributed by atoms with Gasteiger partial charge in [-0.05, 0) is 0 Å². The third-order valence-electron chi connectivity index (χ3n) is 3.12. The molecule has 1 amide bonds. The van der Waals surface area contributed by atoms with Crippen LogP contribution in [0.2, 0.25) is 0 Å². The lowest BCUT2D eigenvalue weighted by Gasteiger charge is -2.32. The monoisotopic (exact) mass is 294 g/mol. The van der Waals surface area contributed by atoms with Gasteiger partial charge in [0.15, 0.2) is 6.10 Å². The van der Waals surface area contributed by atoms with Crippen LogP contribution in [0.25, 0.3) is 0 Å². The zero-order valence-corrected chi connectivity index (χ0v) is 11.7. The number of aliphatic carboxylic acids is 1. The van der Waals surface area contributed by atoms with E-state index in [-0.39, 0.29) is 51.5 Å². The van der Waals surface area contributed by atoms with Gasteiger partial charge >= 0.3 is 5.97 Å². The summed E-state index contributed by atoms with van der Waals surface area (Å²) in [6.45, 7) is 1.54. The molecule has 1 heterocycles. The second kappa shape index (κ2) is 8.90. The minimum absolute atomic E-state index is 0.0734. The van der Waals surface area contributed by atoms with Gasteiger partial charge in [-0.25, -0.2) is 4.79 Å². The molecule has 1 aliphatic heterocycles. The number of carboxylic acid groups (broad SMARTS) is 1. The van der Waals surface area contributed by atoms with Crippen LogP contribution >= 0.6 is 0 Å². The number of morpholine rings is 1. The molecule has 1 N–H and O–H groups in total. The number of nitrogens with zero attached hydrogens (tertiary/aromatic N) is 4. The van der Waals surface area contributed by atoms with Gasteiger partial charge in [-0.2, -0.15) is 10.5 Å². The normalized spacial score (nSPS) is 18.5. The van der Waals surface area contributed by atoms with Gasteiger partial charge in [0.25, 0.3) is 0 Å². The van der Waals surface area contributed by atoms with Crippen LogP contribution < -0.4 is 0 Å². The van der Waals surface area contributed by atoms with Crippen LogP contribution in [-0.4, -0.2) is 72.2 Å². The third-order valence-corrected chi connectivity index (χ3v) is 3.12. The minimum atomic E-state index is -1.04. The summed E-state index contributed by atoms with van der Waals surface area (Å²) in [6.07, 6.45) is -0.506. The van der Waals surface area contributed by atoms with E-state index in [4.69, 9.17) is 20.4 Å². The molecule has 0 radical (unpaired) electrons. The summed E-state index contributed by atoms with van der Waals surface area (Å²) in [7, 11) is 0. The molecule has 0 spiro atoms. The first kappa shape index (κ1) is 16.9. The Bertz CT molecular complexity index is 436. The molecule has 0 aromatic heterocycles. The number of amides is 1.